The molecule has 5 nitrogen and oxygen atoms in total. The molecule has 1 atom stereocenters. The minimum Gasteiger partial charge on any atom is -0.373 e. The predicted octanol–water partition coefficient (Wildman–Crippen LogP) is 2.49. The molecule has 0 amide bonds. The molecule has 0 radical (unpaired) electrons. The molecule has 2 aliphatic heterocycles. The van der Waals surface area contributed by atoms with Crippen molar-refractivity contribution in [2.75, 3.05) is 26.0 Å². The summed E-state index contributed by atoms with van der Waals surface area (Å²) in [5, 5.41) is 0. The van der Waals surface area contributed by atoms with Gasteiger partial charge in [0.05, 0.1) is 19.0 Å². The lowest BCUT2D eigenvalue weighted by Gasteiger charge is -2.38. The molecule has 4 rings (SSSR count). The van der Waals surface area contributed by atoms with E-state index in [2.05, 4.69) is 0 Å². The number of ketones is 1. The van der Waals surface area contributed by atoms with Crippen molar-refractivity contribution in [1.82, 2.24) is 4.31 Å². The second-order valence-electron chi connectivity index (χ2n) is 7.28. The highest BCUT2D eigenvalue weighted by Gasteiger charge is 2.36. The highest BCUT2D eigenvalue weighted by atomic mass is 32.2. The van der Waals surface area contributed by atoms with Gasteiger partial charge in [-0.3, -0.25) is 4.79 Å². The summed E-state index contributed by atoms with van der Waals surface area (Å²) in [6, 6.07) is 7.78. The van der Waals surface area contributed by atoms with Crippen molar-refractivity contribution in [1.29, 1.82) is 0 Å². The molecule has 2 heterocycles. The smallest absolute Gasteiger partial charge is 0.211 e. The lowest BCUT2D eigenvalue weighted by molar-refractivity contribution is 0.00739. The van der Waals surface area contributed by atoms with Gasteiger partial charge in [-0.25, -0.2) is 12.7 Å². The van der Waals surface area contributed by atoms with E-state index in [-0.39, 0.29) is 11.9 Å². The normalized spacial score (nSPS) is 25.6. The minimum atomic E-state index is -3.10. The molecule has 3 aliphatic rings. The molecule has 25 heavy (non-hydrogen) atoms. The Labute approximate surface area is 148 Å². The third-order valence-electron chi connectivity index (χ3n) is 5.74. The molecule has 0 bridgehead atoms. The van der Waals surface area contributed by atoms with Crippen molar-refractivity contribution >= 4 is 21.4 Å². The Balaban J connectivity index is 1.50. The Morgan fingerprint density at radius 2 is 1.80 bits per heavy atom. The average molecular weight is 361 g/mol. The van der Waals surface area contributed by atoms with Crippen molar-refractivity contribution in [2.45, 2.75) is 31.8 Å². The van der Waals surface area contributed by atoms with Crippen LogP contribution in [0.1, 0.15) is 41.6 Å². The summed E-state index contributed by atoms with van der Waals surface area (Å²) < 4.78 is 31.0. The fourth-order valence-electron chi connectivity index (χ4n) is 4.32. The Bertz CT molecular complexity index is 835. The molecule has 1 saturated heterocycles. The Hall–Kier alpha value is -1.50. The number of rotatable bonds is 2. The predicted molar refractivity (Wildman–Crippen MR) is 95.8 cm³/mol. The van der Waals surface area contributed by atoms with Crippen LogP contribution in [0.2, 0.25) is 0 Å². The molecule has 1 fully saturated rings. The van der Waals surface area contributed by atoms with Gasteiger partial charge < -0.3 is 4.74 Å². The SMILES string of the molecule is CS(=O)(=O)N1CCC(C2CC3=C(CO2)c2ccccc2C(=O)C3)CC1. The summed E-state index contributed by atoms with van der Waals surface area (Å²) in [6.45, 7) is 1.69. The van der Waals surface area contributed by atoms with Crippen LogP contribution >= 0.6 is 0 Å². The minimum absolute atomic E-state index is 0.0959. The first kappa shape index (κ1) is 16.9. The lowest BCUT2D eigenvalue weighted by atomic mass is 9.78. The van der Waals surface area contributed by atoms with E-state index in [0.29, 0.717) is 32.0 Å². The van der Waals surface area contributed by atoms with Gasteiger partial charge in [0.2, 0.25) is 10.0 Å². The molecule has 1 unspecified atom stereocenters. The van der Waals surface area contributed by atoms with E-state index in [4.69, 9.17) is 4.74 Å². The number of benzene rings is 1. The number of carbonyl (C=O) groups is 1. The number of hydrogen-bond acceptors (Lipinski definition) is 4. The molecule has 0 spiro atoms. The number of carbonyl (C=O) groups excluding carboxylic acids is 1. The first-order chi connectivity index (χ1) is 11.9. The zero-order chi connectivity index (χ0) is 17.6. The van der Waals surface area contributed by atoms with Crippen LogP contribution in [0, 0.1) is 5.92 Å². The van der Waals surface area contributed by atoms with Crippen molar-refractivity contribution in [2.24, 2.45) is 5.92 Å². The van der Waals surface area contributed by atoms with E-state index in [9.17, 15) is 13.2 Å². The molecule has 134 valence electrons. The van der Waals surface area contributed by atoms with E-state index in [1.54, 1.807) is 4.31 Å². The van der Waals surface area contributed by atoms with Gasteiger partial charge in [0.25, 0.3) is 0 Å². The maximum Gasteiger partial charge on any atom is 0.211 e. The lowest BCUT2D eigenvalue weighted by Crippen LogP contribution is -2.42. The summed E-state index contributed by atoms with van der Waals surface area (Å²) in [7, 11) is -3.10. The summed E-state index contributed by atoms with van der Waals surface area (Å²) in [5.74, 6) is 0.557. The van der Waals surface area contributed by atoms with Crippen molar-refractivity contribution in [3.05, 3.63) is 41.0 Å². The van der Waals surface area contributed by atoms with Gasteiger partial charge in [-0.2, -0.15) is 0 Å². The van der Waals surface area contributed by atoms with Gasteiger partial charge in [-0.05, 0) is 36.3 Å². The van der Waals surface area contributed by atoms with E-state index < -0.39 is 10.0 Å². The first-order valence-corrected chi connectivity index (χ1v) is 10.7. The van der Waals surface area contributed by atoms with E-state index in [1.807, 2.05) is 24.3 Å². The Kier molecular flexibility index (Phi) is 4.30. The standard InChI is InChI=1S/C19H23NO4S/c1-25(22,23)20-8-6-13(7-9-20)19-11-14-10-18(21)16-5-3-2-4-15(16)17(14)12-24-19/h2-5,13,19H,6-12H2,1H3. The first-order valence-electron chi connectivity index (χ1n) is 8.83. The molecule has 6 heteroatoms. The maximum absolute atomic E-state index is 12.4. The molecule has 0 aromatic heterocycles. The van der Waals surface area contributed by atoms with Crippen LogP contribution < -0.4 is 0 Å². The number of Topliss-reactive ketones (excluding diaryl/α,β-unsaturated/α-hetero) is 1. The quantitative estimate of drug-likeness (QED) is 0.812. The van der Waals surface area contributed by atoms with Crippen LogP contribution in [-0.2, 0) is 14.8 Å². The molecule has 0 saturated carbocycles. The van der Waals surface area contributed by atoms with E-state index >= 15 is 0 Å². The molecule has 0 N–H and O–H groups in total. The zero-order valence-electron chi connectivity index (χ0n) is 14.4. The monoisotopic (exact) mass is 361 g/mol. The molecule has 1 aromatic rings. The van der Waals surface area contributed by atoms with Gasteiger partial charge in [0.1, 0.15) is 0 Å². The van der Waals surface area contributed by atoms with Crippen LogP contribution in [0.4, 0.5) is 0 Å². The fraction of sp³-hybridized carbons (Fsp3) is 0.526. The highest BCUT2D eigenvalue weighted by molar-refractivity contribution is 7.88. The number of fused-ring (bicyclic) bond motifs is 2. The topological polar surface area (TPSA) is 63.7 Å². The average Bonchev–Trinajstić information content (AvgIpc) is 2.61. The summed E-state index contributed by atoms with van der Waals surface area (Å²) >= 11 is 0. The van der Waals surface area contributed by atoms with Crippen LogP contribution in [0.5, 0.6) is 0 Å². The maximum atomic E-state index is 12.4. The summed E-state index contributed by atoms with van der Waals surface area (Å²) in [6.07, 6.45) is 4.30. The highest BCUT2D eigenvalue weighted by Crippen LogP contribution is 2.40. The molecule has 1 aromatic carbocycles. The van der Waals surface area contributed by atoms with Crippen LogP contribution in [0.3, 0.4) is 0 Å². The van der Waals surface area contributed by atoms with E-state index in [0.717, 1.165) is 30.4 Å². The second kappa shape index (κ2) is 6.34. The number of ether oxygens (including phenoxy) is 1. The van der Waals surface area contributed by atoms with E-state index in [1.165, 1.54) is 17.4 Å². The number of sulfonamides is 1. The summed E-state index contributed by atoms with van der Waals surface area (Å²) in [4.78, 5) is 12.4. The molecular formula is C19H23NO4S. The number of piperidine rings is 1. The third kappa shape index (κ3) is 3.18. The van der Waals surface area contributed by atoms with Gasteiger partial charge >= 0.3 is 0 Å². The summed E-state index contributed by atoms with van der Waals surface area (Å²) in [5.41, 5.74) is 4.23. The zero-order valence-corrected chi connectivity index (χ0v) is 15.2. The van der Waals surface area contributed by atoms with Gasteiger partial charge in [0.15, 0.2) is 5.78 Å². The van der Waals surface area contributed by atoms with Crippen molar-refractivity contribution < 1.29 is 17.9 Å². The van der Waals surface area contributed by atoms with Gasteiger partial charge in [-0.1, -0.05) is 29.8 Å². The van der Waals surface area contributed by atoms with Gasteiger partial charge in [-0.15, -0.1) is 0 Å². The molecule has 1 aliphatic carbocycles. The second-order valence-corrected chi connectivity index (χ2v) is 9.26. The number of hydrogen-bond donors (Lipinski definition) is 0. The third-order valence-corrected chi connectivity index (χ3v) is 7.04. The Morgan fingerprint density at radius 1 is 1.12 bits per heavy atom. The van der Waals surface area contributed by atoms with Crippen LogP contribution in [0.25, 0.3) is 5.57 Å². The number of nitrogens with zero attached hydrogens (tertiary/aromatic N) is 1. The largest absolute Gasteiger partial charge is 0.373 e. The Morgan fingerprint density at radius 3 is 2.48 bits per heavy atom. The van der Waals surface area contributed by atoms with Crippen LogP contribution in [0.15, 0.2) is 29.8 Å². The fourth-order valence-corrected chi connectivity index (χ4v) is 5.20. The van der Waals surface area contributed by atoms with Crippen molar-refractivity contribution in [3.8, 4) is 0 Å². The van der Waals surface area contributed by atoms with Crippen molar-refractivity contribution in [3.63, 3.8) is 0 Å². The van der Waals surface area contributed by atoms with Crippen LogP contribution in [-0.4, -0.2) is 50.6 Å². The molecular weight excluding hydrogens is 338 g/mol. The van der Waals surface area contributed by atoms with Gasteiger partial charge in [0, 0.05) is 25.1 Å².